The molecule has 0 fully saturated rings. The lowest BCUT2D eigenvalue weighted by molar-refractivity contribution is 0.0692. The Morgan fingerprint density at radius 2 is 2.18 bits per heavy atom. The summed E-state index contributed by atoms with van der Waals surface area (Å²) in [6.45, 7) is -0.216. The van der Waals surface area contributed by atoms with Gasteiger partial charge in [-0.3, -0.25) is 0 Å². The summed E-state index contributed by atoms with van der Waals surface area (Å²) in [6, 6.07) is 3.50. The van der Waals surface area contributed by atoms with Gasteiger partial charge in [0.15, 0.2) is 0 Å². The van der Waals surface area contributed by atoms with Crippen LogP contribution in [0.5, 0.6) is 0 Å². The van der Waals surface area contributed by atoms with Crippen LogP contribution in [-0.4, -0.2) is 26.0 Å². The van der Waals surface area contributed by atoms with Crippen molar-refractivity contribution in [2.75, 3.05) is 12.3 Å². The molecule has 0 unspecified atom stereocenters. The molecule has 0 amide bonds. The molecule has 0 bridgehead atoms. The standard InChI is InChI=1S/C10H10N2O4S/c1-2-5-12-17(15,16)9-4-3-7(11)6-8(9)10(13)14/h1,3-4,6,12H,5,11H2,(H,13,14). The van der Waals surface area contributed by atoms with Crippen molar-refractivity contribution >= 4 is 21.7 Å². The molecule has 0 aliphatic heterocycles. The van der Waals surface area contributed by atoms with E-state index < -0.39 is 21.6 Å². The molecule has 0 saturated heterocycles. The molecule has 0 saturated carbocycles. The summed E-state index contributed by atoms with van der Waals surface area (Å²) in [5.74, 6) is 0.715. The van der Waals surface area contributed by atoms with Gasteiger partial charge in [-0.15, -0.1) is 6.42 Å². The van der Waals surface area contributed by atoms with Gasteiger partial charge < -0.3 is 10.8 Å². The zero-order chi connectivity index (χ0) is 13.1. The molecule has 0 aliphatic rings. The fourth-order valence-electron chi connectivity index (χ4n) is 1.16. The van der Waals surface area contributed by atoms with Crippen molar-refractivity contribution in [1.82, 2.24) is 4.72 Å². The molecular formula is C10H10N2O4S. The SMILES string of the molecule is C#CCNS(=O)(=O)c1ccc(N)cc1C(=O)O. The van der Waals surface area contributed by atoms with Crippen LogP contribution < -0.4 is 10.5 Å². The predicted octanol–water partition coefficient (Wildman–Crippen LogP) is -0.122. The van der Waals surface area contributed by atoms with Crippen molar-refractivity contribution in [2.24, 2.45) is 0 Å². The number of carboxylic acid groups (broad SMARTS) is 1. The second-order valence-electron chi connectivity index (χ2n) is 3.09. The van der Waals surface area contributed by atoms with E-state index in [4.69, 9.17) is 17.3 Å². The minimum atomic E-state index is -3.94. The van der Waals surface area contributed by atoms with Gasteiger partial charge in [-0.05, 0) is 18.2 Å². The Kier molecular flexibility index (Phi) is 3.73. The number of benzene rings is 1. The molecule has 1 aromatic carbocycles. The topological polar surface area (TPSA) is 109 Å². The van der Waals surface area contributed by atoms with E-state index in [1.807, 2.05) is 0 Å². The lowest BCUT2D eigenvalue weighted by Crippen LogP contribution is -2.25. The number of nitrogens with two attached hydrogens (primary N) is 1. The summed E-state index contributed by atoms with van der Waals surface area (Å²) >= 11 is 0. The first-order valence-electron chi connectivity index (χ1n) is 4.44. The zero-order valence-electron chi connectivity index (χ0n) is 8.67. The number of hydrogen-bond donors (Lipinski definition) is 3. The van der Waals surface area contributed by atoms with Crippen molar-refractivity contribution in [3.05, 3.63) is 23.8 Å². The van der Waals surface area contributed by atoms with E-state index in [0.717, 1.165) is 12.1 Å². The molecule has 90 valence electrons. The van der Waals surface area contributed by atoms with Crippen molar-refractivity contribution in [2.45, 2.75) is 4.90 Å². The molecular weight excluding hydrogens is 244 g/mol. The van der Waals surface area contributed by atoms with E-state index in [1.165, 1.54) is 6.07 Å². The summed E-state index contributed by atoms with van der Waals surface area (Å²) in [6.07, 6.45) is 4.92. The lowest BCUT2D eigenvalue weighted by Gasteiger charge is -2.08. The highest BCUT2D eigenvalue weighted by atomic mass is 32.2. The number of nitrogen functional groups attached to an aromatic ring is 1. The van der Waals surface area contributed by atoms with Gasteiger partial charge in [0.25, 0.3) is 0 Å². The molecule has 4 N–H and O–H groups in total. The Morgan fingerprint density at radius 3 is 2.71 bits per heavy atom. The average Bonchev–Trinajstić information content (AvgIpc) is 2.26. The maximum atomic E-state index is 11.7. The van der Waals surface area contributed by atoms with Gasteiger partial charge in [0.2, 0.25) is 10.0 Å². The van der Waals surface area contributed by atoms with Crippen LogP contribution in [0.3, 0.4) is 0 Å². The van der Waals surface area contributed by atoms with Crippen LogP contribution in [0.25, 0.3) is 0 Å². The summed E-state index contributed by atoms with van der Waals surface area (Å²) in [7, 11) is -3.94. The number of anilines is 1. The van der Waals surface area contributed by atoms with E-state index >= 15 is 0 Å². The van der Waals surface area contributed by atoms with Gasteiger partial charge in [-0.25, -0.2) is 13.2 Å². The Labute approximate surface area is 98.5 Å². The van der Waals surface area contributed by atoms with Crippen molar-refractivity contribution in [1.29, 1.82) is 0 Å². The number of rotatable bonds is 4. The smallest absolute Gasteiger partial charge is 0.337 e. The third kappa shape index (κ3) is 2.96. The Hall–Kier alpha value is -2.04. The summed E-state index contributed by atoms with van der Waals surface area (Å²) in [5.41, 5.74) is 5.17. The molecule has 1 rings (SSSR count). The van der Waals surface area contributed by atoms with Crippen LogP contribution in [0.4, 0.5) is 5.69 Å². The molecule has 0 atom stereocenters. The van der Waals surface area contributed by atoms with Gasteiger partial charge in [0, 0.05) is 5.69 Å². The Morgan fingerprint density at radius 1 is 1.53 bits per heavy atom. The van der Waals surface area contributed by atoms with Gasteiger partial charge in [-0.2, -0.15) is 4.72 Å². The molecule has 17 heavy (non-hydrogen) atoms. The van der Waals surface area contributed by atoms with Crippen LogP contribution in [0, 0.1) is 12.3 Å². The molecule has 0 aromatic heterocycles. The number of carboxylic acids is 1. The minimum Gasteiger partial charge on any atom is -0.478 e. The second-order valence-corrected chi connectivity index (χ2v) is 4.82. The monoisotopic (exact) mass is 254 g/mol. The van der Waals surface area contributed by atoms with Crippen molar-refractivity contribution in [3.8, 4) is 12.3 Å². The van der Waals surface area contributed by atoms with Crippen LogP contribution >= 0.6 is 0 Å². The Bertz CT molecular complexity index is 587. The third-order valence-electron chi connectivity index (χ3n) is 1.89. The molecule has 6 nitrogen and oxygen atoms in total. The maximum absolute atomic E-state index is 11.7. The van der Waals surface area contributed by atoms with E-state index in [2.05, 4.69) is 10.6 Å². The highest BCUT2D eigenvalue weighted by Crippen LogP contribution is 2.18. The summed E-state index contributed by atoms with van der Waals surface area (Å²) < 4.78 is 25.5. The molecule has 0 spiro atoms. The fourth-order valence-corrected chi connectivity index (χ4v) is 2.28. The van der Waals surface area contributed by atoms with E-state index in [0.29, 0.717) is 0 Å². The molecule has 7 heteroatoms. The zero-order valence-corrected chi connectivity index (χ0v) is 9.49. The van der Waals surface area contributed by atoms with Crippen molar-refractivity contribution < 1.29 is 18.3 Å². The first-order chi connectivity index (χ1) is 7.88. The quantitative estimate of drug-likeness (QED) is 0.512. The average molecular weight is 254 g/mol. The van der Waals surface area contributed by atoms with Gasteiger partial charge in [0.1, 0.15) is 0 Å². The van der Waals surface area contributed by atoms with E-state index in [1.54, 1.807) is 0 Å². The Balaban J connectivity index is 3.32. The second kappa shape index (κ2) is 4.86. The maximum Gasteiger partial charge on any atom is 0.337 e. The number of sulfonamides is 1. The largest absolute Gasteiger partial charge is 0.478 e. The van der Waals surface area contributed by atoms with Gasteiger partial charge in [0.05, 0.1) is 17.0 Å². The first kappa shape index (κ1) is 13.0. The predicted molar refractivity (Wildman–Crippen MR) is 61.8 cm³/mol. The number of carbonyl (C=O) groups is 1. The number of nitrogens with one attached hydrogen (secondary N) is 1. The van der Waals surface area contributed by atoms with Crippen LogP contribution in [0.2, 0.25) is 0 Å². The molecule has 1 aromatic rings. The molecule has 0 radical (unpaired) electrons. The van der Waals surface area contributed by atoms with Crippen LogP contribution in [-0.2, 0) is 10.0 Å². The fraction of sp³-hybridized carbons (Fsp3) is 0.100. The highest BCUT2D eigenvalue weighted by molar-refractivity contribution is 7.89. The third-order valence-corrected chi connectivity index (χ3v) is 3.35. The molecule has 0 heterocycles. The minimum absolute atomic E-state index is 0.165. The van der Waals surface area contributed by atoms with Crippen LogP contribution in [0.1, 0.15) is 10.4 Å². The normalized spacial score (nSPS) is 10.8. The summed E-state index contributed by atoms with van der Waals surface area (Å²) in [5, 5.41) is 8.89. The molecule has 0 aliphatic carbocycles. The highest BCUT2D eigenvalue weighted by Gasteiger charge is 2.21. The van der Waals surface area contributed by atoms with Gasteiger partial charge in [-0.1, -0.05) is 5.92 Å². The van der Waals surface area contributed by atoms with E-state index in [-0.39, 0.29) is 17.1 Å². The number of terminal acetylenes is 1. The van der Waals surface area contributed by atoms with Gasteiger partial charge >= 0.3 is 5.97 Å². The summed E-state index contributed by atoms with van der Waals surface area (Å²) in [4.78, 5) is 10.5. The number of aromatic carboxylic acids is 1. The van der Waals surface area contributed by atoms with E-state index in [9.17, 15) is 13.2 Å². The first-order valence-corrected chi connectivity index (χ1v) is 5.92. The number of hydrogen-bond acceptors (Lipinski definition) is 4. The van der Waals surface area contributed by atoms with Crippen LogP contribution in [0.15, 0.2) is 23.1 Å². The van der Waals surface area contributed by atoms with Crippen molar-refractivity contribution in [3.63, 3.8) is 0 Å². The lowest BCUT2D eigenvalue weighted by atomic mass is 10.2.